The molecule has 1 aromatic rings. The zero-order valence-electron chi connectivity index (χ0n) is 9.53. The molecule has 0 saturated heterocycles. The second-order valence-electron chi connectivity index (χ2n) is 3.80. The van der Waals surface area contributed by atoms with Gasteiger partial charge in [0.2, 0.25) is 0 Å². The number of aromatic nitrogens is 2. The molecule has 0 unspecified atom stereocenters. The molecule has 1 rings (SSSR count). The molecule has 0 radical (unpaired) electrons. The minimum Gasteiger partial charge on any atom is -0.477 e. The van der Waals surface area contributed by atoms with Crippen molar-refractivity contribution < 1.29 is 9.90 Å². The number of aryl methyl sites for hydroxylation is 1. The summed E-state index contributed by atoms with van der Waals surface area (Å²) in [5, 5.41) is 9.04. The Bertz CT molecular complexity index is 386. The number of carboxylic acid groups (broad SMARTS) is 1. The molecular formula is C11H16N2O2. The summed E-state index contributed by atoms with van der Waals surface area (Å²) in [6.07, 6.45) is 0.648. The van der Waals surface area contributed by atoms with E-state index < -0.39 is 5.97 Å². The summed E-state index contributed by atoms with van der Waals surface area (Å²) in [7, 11) is 0. The number of aromatic carboxylic acids is 1. The van der Waals surface area contributed by atoms with Crippen molar-refractivity contribution in [2.45, 2.75) is 40.0 Å². The molecule has 0 aliphatic rings. The molecule has 1 N–H and O–H groups in total. The molecule has 0 aliphatic heterocycles. The Morgan fingerprint density at radius 3 is 2.40 bits per heavy atom. The number of nitrogens with zero attached hydrogens (tertiary/aromatic N) is 2. The molecule has 0 aromatic carbocycles. The lowest BCUT2D eigenvalue weighted by molar-refractivity contribution is 0.0688. The van der Waals surface area contributed by atoms with E-state index in [2.05, 4.69) is 9.97 Å². The summed E-state index contributed by atoms with van der Waals surface area (Å²) in [5.74, 6) is -0.229. The van der Waals surface area contributed by atoms with Crippen molar-refractivity contribution >= 4 is 5.97 Å². The van der Waals surface area contributed by atoms with Gasteiger partial charge in [-0.2, -0.15) is 0 Å². The number of hydrogen-bond acceptors (Lipinski definition) is 3. The average Bonchev–Trinajstić information content (AvgIpc) is 2.16. The minimum absolute atomic E-state index is 0.147. The second-order valence-corrected chi connectivity index (χ2v) is 3.80. The molecule has 0 aliphatic carbocycles. The fraction of sp³-hybridized carbons (Fsp3) is 0.545. The van der Waals surface area contributed by atoms with Crippen molar-refractivity contribution in [3.05, 3.63) is 22.8 Å². The largest absolute Gasteiger partial charge is 0.477 e. The maximum atomic E-state index is 11.0. The second kappa shape index (κ2) is 4.38. The van der Waals surface area contributed by atoms with E-state index in [9.17, 15) is 4.79 Å². The van der Waals surface area contributed by atoms with Crippen molar-refractivity contribution in [3.63, 3.8) is 0 Å². The van der Waals surface area contributed by atoms with Crippen molar-refractivity contribution in [1.29, 1.82) is 0 Å². The van der Waals surface area contributed by atoms with Gasteiger partial charge in [0.05, 0.1) is 5.69 Å². The first-order chi connectivity index (χ1) is 6.97. The Hall–Kier alpha value is -1.45. The van der Waals surface area contributed by atoms with Gasteiger partial charge in [0.15, 0.2) is 5.69 Å². The number of carboxylic acids is 1. The molecular weight excluding hydrogens is 192 g/mol. The first-order valence-corrected chi connectivity index (χ1v) is 5.08. The highest BCUT2D eigenvalue weighted by Crippen LogP contribution is 2.20. The maximum absolute atomic E-state index is 11.0. The van der Waals surface area contributed by atoms with Crippen LogP contribution in [-0.2, 0) is 6.42 Å². The Labute approximate surface area is 89.4 Å². The average molecular weight is 208 g/mol. The predicted molar refractivity (Wildman–Crippen MR) is 57.2 cm³/mol. The van der Waals surface area contributed by atoms with Crippen LogP contribution in [0.15, 0.2) is 0 Å². The predicted octanol–water partition coefficient (Wildman–Crippen LogP) is 2.17. The van der Waals surface area contributed by atoms with Crippen LogP contribution in [0, 0.1) is 6.92 Å². The SMILES string of the molecule is CCc1c(C(=O)O)nc(C)nc1C(C)C. The molecule has 4 heteroatoms. The van der Waals surface area contributed by atoms with Crippen LogP contribution in [0.2, 0.25) is 0 Å². The van der Waals surface area contributed by atoms with Crippen LogP contribution in [0.5, 0.6) is 0 Å². The lowest BCUT2D eigenvalue weighted by Crippen LogP contribution is -2.13. The Morgan fingerprint density at radius 1 is 1.40 bits per heavy atom. The van der Waals surface area contributed by atoms with Crippen LogP contribution in [0.3, 0.4) is 0 Å². The molecule has 0 spiro atoms. The standard InChI is InChI=1S/C11H16N2O2/c1-5-8-9(6(2)3)12-7(4)13-10(8)11(14)15/h6H,5H2,1-4H3,(H,14,15). The highest BCUT2D eigenvalue weighted by molar-refractivity contribution is 5.87. The van der Waals surface area contributed by atoms with Gasteiger partial charge in [-0.3, -0.25) is 0 Å². The molecule has 4 nitrogen and oxygen atoms in total. The molecule has 0 fully saturated rings. The van der Waals surface area contributed by atoms with E-state index >= 15 is 0 Å². The fourth-order valence-electron chi connectivity index (χ4n) is 1.62. The van der Waals surface area contributed by atoms with Crippen molar-refractivity contribution in [3.8, 4) is 0 Å². The lowest BCUT2D eigenvalue weighted by atomic mass is 10.00. The fourth-order valence-corrected chi connectivity index (χ4v) is 1.62. The third kappa shape index (κ3) is 2.32. The van der Waals surface area contributed by atoms with Gasteiger partial charge < -0.3 is 5.11 Å². The highest BCUT2D eigenvalue weighted by atomic mass is 16.4. The van der Waals surface area contributed by atoms with Gasteiger partial charge in [-0.15, -0.1) is 0 Å². The normalized spacial score (nSPS) is 10.7. The third-order valence-electron chi connectivity index (χ3n) is 2.25. The first kappa shape index (κ1) is 11.6. The van der Waals surface area contributed by atoms with Gasteiger partial charge >= 0.3 is 5.97 Å². The Morgan fingerprint density at radius 2 is 2.00 bits per heavy atom. The van der Waals surface area contributed by atoms with Crippen LogP contribution in [-0.4, -0.2) is 21.0 Å². The molecule has 15 heavy (non-hydrogen) atoms. The van der Waals surface area contributed by atoms with E-state index in [4.69, 9.17) is 5.11 Å². The van der Waals surface area contributed by atoms with Gasteiger partial charge in [0, 0.05) is 5.56 Å². The van der Waals surface area contributed by atoms with Gasteiger partial charge in [-0.1, -0.05) is 20.8 Å². The summed E-state index contributed by atoms with van der Waals surface area (Å²) in [6, 6.07) is 0. The smallest absolute Gasteiger partial charge is 0.354 e. The number of hydrogen-bond donors (Lipinski definition) is 1. The molecule has 0 bridgehead atoms. The van der Waals surface area contributed by atoms with Crippen LogP contribution in [0.25, 0.3) is 0 Å². The molecule has 1 aromatic heterocycles. The molecule has 0 saturated carbocycles. The lowest BCUT2D eigenvalue weighted by Gasteiger charge is -2.13. The van der Waals surface area contributed by atoms with Crippen LogP contribution < -0.4 is 0 Å². The molecule has 82 valence electrons. The minimum atomic E-state index is -0.973. The number of carbonyl (C=O) groups is 1. The number of rotatable bonds is 3. The van der Waals surface area contributed by atoms with Crippen molar-refractivity contribution in [2.24, 2.45) is 0 Å². The highest BCUT2D eigenvalue weighted by Gasteiger charge is 2.18. The van der Waals surface area contributed by atoms with Gasteiger partial charge in [-0.05, 0) is 19.3 Å². The topological polar surface area (TPSA) is 63.1 Å². The monoisotopic (exact) mass is 208 g/mol. The Balaban J connectivity index is 3.45. The zero-order valence-corrected chi connectivity index (χ0v) is 9.53. The van der Waals surface area contributed by atoms with Crippen LogP contribution >= 0.6 is 0 Å². The molecule has 1 heterocycles. The van der Waals surface area contributed by atoms with E-state index in [0.717, 1.165) is 11.3 Å². The van der Waals surface area contributed by atoms with Crippen molar-refractivity contribution in [2.75, 3.05) is 0 Å². The van der Waals surface area contributed by atoms with E-state index in [0.29, 0.717) is 12.2 Å². The van der Waals surface area contributed by atoms with Crippen molar-refractivity contribution in [1.82, 2.24) is 9.97 Å². The maximum Gasteiger partial charge on any atom is 0.354 e. The quantitative estimate of drug-likeness (QED) is 0.826. The van der Waals surface area contributed by atoms with Gasteiger partial charge in [0.25, 0.3) is 0 Å². The van der Waals surface area contributed by atoms with E-state index in [1.807, 2.05) is 20.8 Å². The summed E-state index contributed by atoms with van der Waals surface area (Å²) >= 11 is 0. The van der Waals surface area contributed by atoms with E-state index in [1.54, 1.807) is 6.92 Å². The molecule has 0 atom stereocenters. The summed E-state index contributed by atoms with van der Waals surface area (Å²) in [6.45, 7) is 7.66. The van der Waals surface area contributed by atoms with Gasteiger partial charge in [-0.25, -0.2) is 14.8 Å². The summed E-state index contributed by atoms with van der Waals surface area (Å²) in [5.41, 5.74) is 1.75. The first-order valence-electron chi connectivity index (χ1n) is 5.08. The zero-order chi connectivity index (χ0) is 11.6. The molecule has 0 amide bonds. The summed E-state index contributed by atoms with van der Waals surface area (Å²) < 4.78 is 0. The third-order valence-corrected chi connectivity index (χ3v) is 2.25. The van der Waals surface area contributed by atoms with E-state index in [-0.39, 0.29) is 11.6 Å². The van der Waals surface area contributed by atoms with Crippen LogP contribution in [0.1, 0.15) is 54.3 Å². The Kier molecular flexibility index (Phi) is 3.39. The summed E-state index contributed by atoms with van der Waals surface area (Å²) in [4.78, 5) is 19.3. The van der Waals surface area contributed by atoms with Crippen LogP contribution in [0.4, 0.5) is 0 Å². The van der Waals surface area contributed by atoms with E-state index in [1.165, 1.54) is 0 Å². The van der Waals surface area contributed by atoms with Gasteiger partial charge in [0.1, 0.15) is 5.82 Å².